The molecule has 2 fully saturated rings. The summed E-state index contributed by atoms with van der Waals surface area (Å²) in [5.74, 6) is -0.511. The van der Waals surface area contributed by atoms with Crippen LogP contribution in [0.3, 0.4) is 0 Å². The Labute approximate surface area is 80.9 Å². The Kier molecular flexibility index (Phi) is 2.50. The van der Waals surface area contributed by atoms with E-state index < -0.39 is 42.5 Å². The van der Waals surface area contributed by atoms with E-state index in [-0.39, 0.29) is 6.61 Å². The van der Waals surface area contributed by atoms with Gasteiger partial charge in [0.15, 0.2) is 0 Å². The largest absolute Gasteiger partial charge is 0.390 e. The van der Waals surface area contributed by atoms with Crippen molar-refractivity contribution in [3.8, 4) is 0 Å². The van der Waals surface area contributed by atoms with Gasteiger partial charge in [0.05, 0.1) is 18.8 Å². The number of fused-ring (bicyclic) bond motifs is 1. The Morgan fingerprint density at radius 1 is 0.929 bits per heavy atom. The van der Waals surface area contributed by atoms with Crippen LogP contribution in [0, 0.1) is 5.92 Å². The monoisotopic (exact) mass is 205 g/mol. The number of rotatable bonds is 0. The van der Waals surface area contributed by atoms with Gasteiger partial charge in [-0.1, -0.05) is 0 Å². The van der Waals surface area contributed by atoms with Crippen LogP contribution in [0.15, 0.2) is 0 Å². The Balaban J connectivity index is 2.23. The summed E-state index contributed by atoms with van der Waals surface area (Å²) in [7, 11) is 0. The van der Waals surface area contributed by atoms with Crippen molar-refractivity contribution in [3.63, 3.8) is 0 Å². The summed E-state index contributed by atoms with van der Waals surface area (Å²) < 4.78 is 5.16. The average Bonchev–Trinajstić information content (AvgIpc) is 2.54. The SMILES string of the molecule is N[C@@H]1CO[C@@H]2[C@@H](O)[C@H](O)[C@@H](O)[C@H](O)[C@@H]21. The molecule has 0 aromatic rings. The van der Waals surface area contributed by atoms with E-state index in [1.54, 1.807) is 0 Å². The van der Waals surface area contributed by atoms with Gasteiger partial charge in [-0.3, -0.25) is 0 Å². The molecule has 0 bridgehead atoms. The maximum Gasteiger partial charge on any atom is 0.111 e. The van der Waals surface area contributed by atoms with Crippen molar-refractivity contribution in [2.75, 3.05) is 6.61 Å². The molecule has 7 atom stereocenters. The van der Waals surface area contributed by atoms with Gasteiger partial charge in [0, 0.05) is 12.0 Å². The zero-order chi connectivity index (χ0) is 10.5. The first-order chi connectivity index (χ1) is 6.54. The Morgan fingerprint density at radius 2 is 1.50 bits per heavy atom. The van der Waals surface area contributed by atoms with Gasteiger partial charge in [-0.2, -0.15) is 0 Å². The van der Waals surface area contributed by atoms with Crippen LogP contribution in [0.4, 0.5) is 0 Å². The lowest BCUT2D eigenvalue weighted by molar-refractivity contribution is -0.193. The molecule has 0 spiro atoms. The summed E-state index contributed by atoms with van der Waals surface area (Å²) in [5, 5.41) is 38.0. The van der Waals surface area contributed by atoms with Crippen molar-refractivity contribution in [2.24, 2.45) is 11.7 Å². The standard InChI is InChI=1S/C8H15NO5/c9-2-1-14-8-3(2)4(10)5(11)6(12)7(8)13/h2-8,10-13H,1,9H2/t2-,3+,4-,5+,6-,7+,8+/m1/s1. The van der Waals surface area contributed by atoms with Crippen LogP contribution in [0.5, 0.6) is 0 Å². The molecule has 6 nitrogen and oxygen atoms in total. The number of nitrogens with two attached hydrogens (primary N) is 1. The van der Waals surface area contributed by atoms with Gasteiger partial charge >= 0.3 is 0 Å². The zero-order valence-corrected chi connectivity index (χ0v) is 7.52. The van der Waals surface area contributed by atoms with Crippen LogP contribution in [0.2, 0.25) is 0 Å². The maximum absolute atomic E-state index is 9.63. The predicted octanol–water partition coefficient (Wildman–Crippen LogP) is -3.21. The highest BCUT2D eigenvalue weighted by atomic mass is 16.5. The fourth-order valence-electron chi connectivity index (χ4n) is 2.29. The highest BCUT2D eigenvalue weighted by molar-refractivity contribution is 5.05. The number of aliphatic hydroxyl groups excluding tert-OH is 4. The lowest BCUT2D eigenvalue weighted by atomic mass is 9.77. The van der Waals surface area contributed by atoms with Crippen LogP contribution < -0.4 is 5.73 Å². The van der Waals surface area contributed by atoms with Gasteiger partial charge in [-0.05, 0) is 0 Å². The summed E-state index contributed by atoms with van der Waals surface area (Å²) in [4.78, 5) is 0. The molecule has 1 saturated carbocycles. The van der Waals surface area contributed by atoms with E-state index in [0.717, 1.165) is 0 Å². The molecular formula is C8H15NO5. The highest BCUT2D eigenvalue weighted by Gasteiger charge is 2.54. The lowest BCUT2D eigenvalue weighted by Gasteiger charge is -2.41. The number of hydrogen-bond donors (Lipinski definition) is 5. The molecule has 0 radical (unpaired) electrons. The third-order valence-electron chi connectivity index (χ3n) is 3.14. The van der Waals surface area contributed by atoms with Crippen LogP contribution in [0.1, 0.15) is 0 Å². The normalized spacial score (nSPS) is 58.5. The van der Waals surface area contributed by atoms with Crippen LogP contribution in [-0.2, 0) is 4.74 Å². The number of aliphatic hydroxyl groups is 4. The Hall–Kier alpha value is -0.240. The van der Waals surface area contributed by atoms with E-state index in [1.165, 1.54) is 0 Å². The Bertz CT molecular complexity index is 226. The molecule has 2 aliphatic rings. The summed E-state index contributed by atoms with van der Waals surface area (Å²) in [6.07, 6.45) is -5.75. The predicted molar refractivity (Wildman–Crippen MR) is 45.2 cm³/mol. The Morgan fingerprint density at radius 3 is 2.14 bits per heavy atom. The first-order valence-electron chi connectivity index (χ1n) is 4.63. The van der Waals surface area contributed by atoms with Gasteiger partial charge in [0.2, 0.25) is 0 Å². The topological polar surface area (TPSA) is 116 Å². The second-order valence-electron chi connectivity index (χ2n) is 4.00. The molecule has 0 aromatic carbocycles. The van der Waals surface area contributed by atoms with Gasteiger partial charge < -0.3 is 30.9 Å². The van der Waals surface area contributed by atoms with Gasteiger partial charge in [-0.25, -0.2) is 0 Å². The molecule has 82 valence electrons. The van der Waals surface area contributed by atoms with E-state index in [1.807, 2.05) is 0 Å². The van der Waals surface area contributed by atoms with E-state index in [9.17, 15) is 20.4 Å². The molecule has 6 N–H and O–H groups in total. The van der Waals surface area contributed by atoms with Gasteiger partial charge in [0.1, 0.15) is 18.3 Å². The van der Waals surface area contributed by atoms with E-state index in [0.29, 0.717) is 0 Å². The van der Waals surface area contributed by atoms with Crippen molar-refractivity contribution in [1.82, 2.24) is 0 Å². The molecule has 1 aliphatic heterocycles. The first-order valence-corrected chi connectivity index (χ1v) is 4.63. The average molecular weight is 205 g/mol. The van der Waals surface area contributed by atoms with Crippen LogP contribution >= 0.6 is 0 Å². The zero-order valence-electron chi connectivity index (χ0n) is 7.52. The lowest BCUT2D eigenvalue weighted by Crippen LogP contribution is -2.62. The molecule has 0 amide bonds. The summed E-state index contributed by atoms with van der Waals surface area (Å²) in [6.45, 7) is 0.225. The third-order valence-corrected chi connectivity index (χ3v) is 3.14. The van der Waals surface area contributed by atoms with E-state index in [4.69, 9.17) is 10.5 Å². The van der Waals surface area contributed by atoms with Gasteiger partial charge in [-0.15, -0.1) is 0 Å². The smallest absolute Gasteiger partial charge is 0.111 e. The van der Waals surface area contributed by atoms with Crippen molar-refractivity contribution in [3.05, 3.63) is 0 Å². The first kappa shape index (κ1) is 10.3. The molecule has 0 unspecified atom stereocenters. The van der Waals surface area contributed by atoms with E-state index >= 15 is 0 Å². The molecule has 14 heavy (non-hydrogen) atoms. The van der Waals surface area contributed by atoms with Crippen molar-refractivity contribution in [2.45, 2.75) is 36.6 Å². The quantitative estimate of drug-likeness (QED) is 0.284. The van der Waals surface area contributed by atoms with Crippen molar-refractivity contribution in [1.29, 1.82) is 0 Å². The van der Waals surface area contributed by atoms with Crippen LogP contribution in [-0.4, -0.2) is 63.6 Å². The highest BCUT2D eigenvalue weighted by Crippen LogP contribution is 2.34. The summed E-state index contributed by atoms with van der Waals surface area (Å²) in [6, 6.07) is -0.410. The van der Waals surface area contributed by atoms with E-state index in [2.05, 4.69) is 0 Å². The molecule has 1 aliphatic carbocycles. The number of hydrogen-bond acceptors (Lipinski definition) is 6. The number of ether oxygens (including phenoxy) is 1. The minimum atomic E-state index is -1.38. The molecule has 6 heteroatoms. The molecule has 1 heterocycles. The molecule has 0 aromatic heterocycles. The summed E-state index contributed by atoms with van der Waals surface area (Å²) in [5.41, 5.74) is 5.66. The van der Waals surface area contributed by atoms with Crippen molar-refractivity contribution < 1.29 is 25.2 Å². The maximum atomic E-state index is 9.63. The second kappa shape index (κ2) is 3.41. The van der Waals surface area contributed by atoms with Crippen LogP contribution in [0.25, 0.3) is 0 Å². The van der Waals surface area contributed by atoms with Gasteiger partial charge in [0.25, 0.3) is 0 Å². The summed E-state index contributed by atoms with van der Waals surface area (Å²) >= 11 is 0. The second-order valence-corrected chi connectivity index (χ2v) is 4.00. The minimum absolute atomic E-state index is 0.225. The van der Waals surface area contributed by atoms with Crippen molar-refractivity contribution >= 4 is 0 Å². The fourth-order valence-corrected chi connectivity index (χ4v) is 2.29. The fraction of sp³-hybridized carbons (Fsp3) is 1.00. The minimum Gasteiger partial charge on any atom is -0.390 e. The molecular weight excluding hydrogens is 190 g/mol. The third kappa shape index (κ3) is 1.27. The molecule has 1 saturated heterocycles. The molecule has 2 rings (SSSR count).